The molecule has 0 aliphatic rings. The van der Waals surface area contributed by atoms with Gasteiger partial charge in [-0.1, -0.05) is 42.5 Å². The zero-order valence-electron chi connectivity index (χ0n) is 15.3. The largest absolute Gasteiger partial charge is 0.496 e. The molecule has 0 bridgehead atoms. The Labute approximate surface area is 172 Å². The number of hydrogen-bond acceptors (Lipinski definition) is 5. The zero-order valence-corrected chi connectivity index (χ0v) is 17.4. The van der Waals surface area contributed by atoms with E-state index in [4.69, 9.17) is 15.2 Å². The zero-order chi connectivity index (χ0) is 19.8. The van der Waals surface area contributed by atoms with Gasteiger partial charge in [-0.25, -0.2) is 4.79 Å². The highest BCUT2D eigenvalue weighted by Crippen LogP contribution is 2.25. The molecular weight excluding hydrogens is 459 g/mol. The van der Waals surface area contributed by atoms with Crippen LogP contribution in [0, 0.1) is 3.57 Å². The summed E-state index contributed by atoms with van der Waals surface area (Å²) in [6.07, 6.45) is 0.670. The van der Waals surface area contributed by atoms with E-state index in [0.717, 1.165) is 14.7 Å². The fourth-order valence-corrected chi connectivity index (χ4v) is 3.47. The number of benzene rings is 2. The van der Waals surface area contributed by atoms with Crippen molar-refractivity contribution in [3.8, 4) is 5.75 Å². The van der Waals surface area contributed by atoms with Crippen molar-refractivity contribution in [3.63, 3.8) is 0 Å². The van der Waals surface area contributed by atoms with Crippen LogP contribution in [0.2, 0.25) is 0 Å². The molecule has 0 aromatic heterocycles. The molecule has 144 valence electrons. The number of methoxy groups -OCH3 is 2. The van der Waals surface area contributed by atoms with E-state index in [9.17, 15) is 9.59 Å². The van der Waals surface area contributed by atoms with Crippen LogP contribution in [0.1, 0.15) is 11.1 Å². The predicted molar refractivity (Wildman–Crippen MR) is 111 cm³/mol. The molecule has 0 aliphatic heterocycles. The van der Waals surface area contributed by atoms with Crippen LogP contribution in [-0.4, -0.2) is 38.2 Å². The summed E-state index contributed by atoms with van der Waals surface area (Å²) < 4.78 is 11.0. The van der Waals surface area contributed by atoms with Crippen molar-refractivity contribution in [1.29, 1.82) is 0 Å². The second-order valence-electron chi connectivity index (χ2n) is 6.02. The molecule has 1 amide bonds. The van der Waals surface area contributed by atoms with Gasteiger partial charge in [-0.3, -0.25) is 4.79 Å². The third-order valence-corrected chi connectivity index (χ3v) is 5.35. The van der Waals surface area contributed by atoms with E-state index < -0.39 is 24.0 Å². The van der Waals surface area contributed by atoms with Crippen LogP contribution in [0.3, 0.4) is 0 Å². The summed E-state index contributed by atoms with van der Waals surface area (Å²) in [5.41, 5.74) is 7.86. The van der Waals surface area contributed by atoms with Crippen molar-refractivity contribution in [2.45, 2.75) is 24.9 Å². The Morgan fingerprint density at radius 3 is 2.41 bits per heavy atom. The number of ether oxygens (including phenoxy) is 2. The Balaban J connectivity index is 2.10. The van der Waals surface area contributed by atoms with Crippen LogP contribution >= 0.6 is 22.6 Å². The molecule has 2 aromatic carbocycles. The van der Waals surface area contributed by atoms with Gasteiger partial charge in [-0.05, 0) is 46.2 Å². The van der Waals surface area contributed by atoms with Crippen molar-refractivity contribution in [2.75, 3.05) is 14.2 Å². The third kappa shape index (κ3) is 5.93. The van der Waals surface area contributed by atoms with Gasteiger partial charge in [0.15, 0.2) is 0 Å². The predicted octanol–water partition coefficient (Wildman–Crippen LogP) is 2.07. The second-order valence-corrected chi connectivity index (χ2v) is 7.10. The van der Waals surface area contributed by atoms with Gasteiger partial charge >= 0.3 is 5.97 Å². The first-order chi connectivity index (χ1) is 13.0. The number of hydrogen-bond donors (Lipinski definition) is 2. The molecule has 2 atom stereocenters. The molecule has 7 heteroatoms. The molecule has 1 unspecified atom stereocenters. The highest BCUT2D eigenvalue weighted by atomic mass is 127. The molecule has 0 spiro atoms. The quantitative estimate of drug-likeness (QED) is 0.444. The molecule has 0 aliphatic carbocycles. The Morgan fingerprint density at radius 1 is 1.07 bits per heavy atom. The highest BCUT2D eigenvalue weighted by molar-refractivity contribution is 14.1. The van der Waals surface area contributed by atoms with E-state index >= 15 is 0 Å². The van der Waals surface area contributed by atoms with Crippen molar-refractivity contribution in [3.05, 3.63) is 63.2 Å². The van der Waals surface area contributed by atoms with Crippen LogP contribution in [-0.2, 0) is 27.2 Å². The number of carbonyl (C=O) groups excluding carboxylic acids is 2. The average molecular weight is 482 g/mol. The summed E-state index contributed by atoms with van der Waals surface area (Å²) in [6, 6.07) is 13.5. The maximum atomic E-state index is 12.5. The maximum absolute atomic E-state index is 12.5. The first-order valence-corrected chi connectivity index (χ1v) is 9.53. The van der Waals surface area contributed by atoms with Crippen molar-refractivity contribution in [1.82, 2.24) is 5.32 Å². The standard InChI is InChI=1S/C20H23IN2O4/c1-26-17-10-6-9-14(18(17)21)12-16(20(25)27-2)23-19(24)15(22)11-13-7-4-3-5-8-13/h3-10,15-16H,11-12,22H2,1-2H3,(H,23,24)/t15-,16?/m0/s1. The lowest BCUT2D eigenvalue weighted by Gasteiger charge is -2.20. The Morgan fingerprint density at radius 2 is 1.78 bits per heavy atom. The van der Waals surface area contributed by atoms with Crippen LogP contribution in [0.25, 0.3) is 0 Å². The number of carbonyl (C=O) groups is 2. The number of rotatable bonds is 8. The minimum Gasteiger partial charge on any atom is -0.496 e. The number of nitrogens with two attached hydrogens (primary N) is 1. The summed E-state index contributed by atoms with van der Waals surface area (Å²) >= 11 is 2.16. The van der Waals surface area contributed by atoms with Crippen LogP contribution in [0.15, 0.2) is 48.5 Å². The molecule has 0 fully saturated rings. The van der Waals surface area contributed by atoms with Gasteiger partial charge in [0.25, 0.3) is 0 Å². The Hall–Kier alpha value is -2.13. The second kappa shape index (κ2) is 10.3. The first kappa shape index (κ1) is 21.2. The Kier molecular flexibility index (Phi) is 8.05. The number of halogens is 1. The smallest absolute Gasteiger partial charge is 0.328 e. The Bertz CT molecular complexity index is 783. The fraction of sp³-hybridized carbons (Fsp3) is 0.300. The van der Waals surface area contributed by atoms with Gasteiger partial charge in [0.1, 0.15) is 11.8 Å². The molecule has 6 nitrogen and oxygen atoms in total. The number of nitrogens with one attached hydrogen (secondary N) is 1. The topological polar surface area (TPSA) is 90.6 Å². The molecule has 2 aromatic rings. The van der Waals surface area contributed by atoms with Crippen molar-refractivity contribution in [2.24, 2.45) is 5.73 Å². The molecule has 27 heavy (non-hydrogen) atoms. The minimum absolute atomic E-state index is 0.284. The van der Waals surface area contributed by atoms with E-state index in [1.54, 1.807) is 7.11 Å². The van der Waals surface area contributed by atoms with E-state index in [1.807, 2.05) is 48.5 Å². The molecule has 3 N–H and O–H groups in total. The summed E-state index contributed by atoms with van der Waals surface area (Å²) in [5.74, 6) is -0.204. The summed E-state index contributed by atoms with van der Waals surface area (Å²) in [7, 11) is 2.88. The van der Waals surface area contributed by atoms with Gasteiger partial charge in [0, 0.05) is 6.42 Å². The van der Waals surface area contributed by atoms with Gasteiger partial charge < -0.3 is 20.5 Å². The van der Waals surface area contributed by atoms with Crippen molar-refractivity contribution < 1.29 is 19.1 Å². The maximum Gasteiger partial charge on any atom is 0.328 e. The SMILES string of the molecule is COC(=O)C(Cc1cccc(OC)c1I)NC(=O)[C@@H](N)Cc1ccccc1. The molecule has 2 rings (SSSR count). The molecule has 0 saturated carbocycles. The van der Waals surface area contributed by atoms with Gasteiger partial charge in [0.2, 0.25) is 5.91 Å². The number of esters is 1. The molecular formula is C20H23IN2O4. The van der Waals surface area contributed by atoms with Crippen LogP contribution in [0.4, 0.5) is 0 Å². The van der Waals surface area contributed by atoms with E-state index in [2.05, 4.69) is 27.9 Å². The lowest BCUT2D eigenvalue weighted by Crippen LogP contribution is -2.50. The van der Waals surface area contributed by atoms with E-state index in [0.29, 0.717) is 12.2 Å². The summed E-state index contributed by atoms with van der Waals surface area (Å²) in [6.45, 7) is 0. The summed E-state index contributed by atoms with van der Waals surface area (Å²) in [5, 5.41) is 2.72. The first-order valence-electron chi connectivity index (χ1n) is 8.45. The lowest BCUT2D eigenvalue weighted by atomic mass is 10.0. The highest BCUT2D eigenvalue weighted by Gasteiger charge is 2.26. The van der Waals surface area contributed by atoms with E-state index in [1.165, 1.54) is 7.11 Å². The van der Waals surface area contributed by atoms with Crippen molar-refractivity contribution >= 4 is 34.5 Å². The van der Waals surface area contributed by atoms with Gasteiger partial charge in [0.05, 0.1) is 23.8 Å². The third-order valence-electron chi connectivity index (χ3n) is 4.12. The molecule has 0 radical (unpaired) electrons. The summed E-state index contributed by atoms with van der Waals surface area (Å²) in [4.78, 5) is 24.7. The van der Waals surface area contributed by atoms with Gasteiger partial charge in [-0.15, -0.1) is 0 Å². The average Bonchev–Trinajstić information content (AvgIpc) is 2.68. The number of amides is 1. The monoisotopic (exact) mass is 482 g/mol. The lowest BCUT2D eigenvalue weighted by molar-refractivity contribution is -0.145. The van der Waals surface area contributed by atoms with Crippen LogP contribution < -0.4 is 15.8 Å². The van der Waals surface area contributed by atoms with E-state index in [-0.39, 0.29) is 6.42 Å². The molecule has 0 saturated heterocycles. The normalized spacial score (nSPS) is 12.7. The van der Waals surface area contributed by atoms with Gasteiger partial charge in [-0.2, -0.15) is 0 Å². The van der Waals surface area contributed by atoms with Crippen LogP contribution in [0.5, 0.6) is 5.75 Å². The minimum atomic E-state index is -0.829. The molecule has 0 heterocycles. The fourth-order valence-electron chi connectivity index (χ4n) is 2.67.